The van der Waals surface area contributed by atoms with Gasteiger partial charge >= 0.3 is 6.09 Å². The van der Waals surface area contributed by atoms with Gasteiger partial charge in [-0.3, -0.25) is 9.72 Å². The van der Waals surface area contributed by atoms with E-state index in [9.17, 15) is 4.79 Å². The molecule has 3 aromatic heterocycles. The molecule has 120 valence electrons. The van der Waals surface area contributed by atoms with Gasteiger partial charge in [0.2, 0.25) is 0 Å². The number of carbonyl (C=O) groups is 1. The highest BCUT2D eigenvalue weighted by Crippen LogP contribution is 2.21. The maximum atomic E-state index is 11.9. The molecule has 0 radical (unpaired) electrons. The molecule has 0 fully saturated rings. The molecular formula is C15H16BrN5O2. The quantitative estimate of drug-likeness (QED) is 0.739. The average Bonchev–Trinajstić information content (AvgIpc) is 3.03. The minimum absolute atomic E-state index is 0.408. The summed E-state index contributed by atoms with van der Waals surface area (Å²) in [5.41, 5.74) is 0.114. The highest BCUT2D eigenvalue weighted by molar-refractivity contribution is 9.10. The third kappa shape index (κ3) is 3.53. The summed E-state index contributed by atoms with van der Waals surface area (Å²) in [6.07, 6.45) is 4.72. The molecule has 0 saturated heterocycles. The molecule has 0 saturated carbocycles. The van der Waals surface area contributed by atoms with Gasteiger partial charge in [0.05, 0.1) is 6.20 Å². The minimum Gasteiger partial charge on any atom is -0.444 e. The van der Waals surface area contributed by atoms with E-state index in [2.05, 4.69) is 31.3 Å². The minimum atomic E-state index is -0.563. The number of imidazole rings is 1. The number of halogens is 1. The number of anilines is 1. The first-order valence-corrected chi connectivity index (χ1v) is 7.80. The SMILES string of the molecule is CC(C)(C)OC(=O)Nc1cn2c(-n3cccn3)cc(Br)cc2n1. The first-order chi connectivity index (χ1) is 10.8. The van der Waals surface area contributed by atoms with Crippen LogP contribution in [0.4, 0.5) is 10.6 Å². The highest BCUT2D eigenvalue weighted by Gasteiger charge is 2.17. The predicted molar refractivity (Wildman–Crippen MR) is 89.9 cm³/mol. The first-order valence-electron chi connectivity index (χ1n) is 7.00. The van der Waals surface area contributed by atoms with E-state index < -0.39 is 11.7 Å². The van der Waals surface area contributed by atoms with Crippen LogP contribution in [-0.4, -0.2) is 30.9 Å². The Morgan fingerprint density at radius 2 is 2.13 bits per heavy atom. The number of nitrogens with one attached hydrogen (secondary N) is 1. The highest BCUT2D eigenvalue weighted by atomic mass is 79.9. The number of ether oxygens (including phenoxy) is 1. The van der Waals surface area contributed by atoms with Crippen LogP contribution in [0.1, 0.15) is 20.8 Å². The van der Waals surface area contributed by atoms with Crippen LogP contribution in [0.5, 0.6) is 0 Å². The van der Waals surface area contributed by atoms with E-state index in [1.807, 2.05) is 49.6 Å². The van der Waals surface area contributed by atoms with Crippen molar-refractivity contribution in [2.75, 3.05) is 5.32 Å². The van der Waals surface area contributed by atoms with Gasteiger partial charge in [-0.25, -0.2) is 14.5 Å². The van der Waals surface area contributed by atoms with Crippen LogP contribution < -0.4 is 5.32 Å². The molecule has 0 aromatic carbocycles. The third-order valence-electron chi connectivity index (χ3n) is 2.88. The molecular weight excluding hydrogens is 362 g/mol. The molecule has 3 heterocycles. The van der Waals surface area contributed by atoms with E-state index >= 15 is 0 Å². The van der Waals surface area contributed by atoms with Crippen LogP contribution in [-0.2, 0) is 4.74 Å². The second-order valence-corrected chi connectivity index (χ2v) is 6.88. The Hall–Kier alpha value is -2.35. The predicted octanol–water partition coefficient (Wildman–Crippen LogP) is 3.63. The Labute approximate surface area is 141 Å². The lowest BCUT2D eigenvalue weighted by molar-refractivity contribution is 0.0635. The maximum Gasteiger partial charge on any atom is 0.413 e. The van der Waals surface area contributed by atoms with Crippen LogP contribution >= 0.6 is 15.9 Å². The van der Waals surface area contributed by atoms with Gasteiger partial charge in [-0.15, -0.1) is 0 Å². The summed E-state index contributed by atoms with van der Waals surface area (Å²) in [6, 6.07) is 5.61. The van der Waals surface area contributed by atoms with Crippen molar-refractivity contribution in [3.63, 3.8) is 0 Å². The molecule has 8 heteroatoms. The molecule has 0 aliphatic heterocycles. The molecule has 1 amide bonds. The van der Waals surface area contributed by atoms with Crippen molar-refractivity contribution in [1.82, 2.24) is 19.2 Å². The lowest BCUT2D eigenvalue weighted by Crippen LogP contribution is -2.27. The Balaban J connectivity index is 1.96. The fourth-order valence-corrected chi connectivity index (χ4v) is 2.50. The fourth-order valence-electron chi connectivity index (χ4n) is 2.09. The Morgan fingerprint density at radius 1 is 1.35 bits per heavy atom. The summed E-state index contributed by atoms with van der Waals surface area (Å²) in [5, 5.41) is 6.87. The molecule has 0 aliphatic rings. The van der Waals surface area contributed by atoms with Crippen molar-refractivity contribution >= 4 is 33.5 Å². The molecule has 7 nitrogen and oxygen atoms in total. The smallest absolute Gasteiger partial charge is 0.413 e. The van der Waals surface area contributed by atoms with Crippen LogP contribution in [0.3, 0.4) is 0 Å². The van der Waals surface area contributed by atoms with Crippen molar-refractivity contribution < 1.29 is 9.53 Å². The largest absolute Gasteiger partial charge is 0.444 e. The number of rotatable bonds is 2. The molecule has 0 bridgehead atoms. The topological polar surface area (TPSA) is 73.4 Å². The van der Waals surface area contributed by atoms with Gasteiger partial charge in [0, 0.05) is 16.9 Å². The molecule has 0 aliphatic carbocycles. The van der Waals surface area contributed by atoms with Crippen molar-refractivity contribution in [2.24, 2.45) is 0 Å². The lowest BCUT2D eigenvalue weighted by Gasteiger charge is -2.18. The Kier molecular flexibility index (Phi) is 3.85. The first kappa shape index (κ1) is 15.5. The van der Waals surface area contributed by atoms with Gasteiger partial charge in [-0.2, -0.15) is 5.10 Å². The fraction of sp³-hybridized carbons (Fsp3) is 0.267. The molecule has 1 N–H and O–H groups in total. The van der Waals surface area contributed by atoms with E-state index in [1.165, 1.54) is 0 Å². The van der Waals surface area contributed by atoms with Gasteiger partial charge in [-0.1, -0.05) is 15.9 Å². The molecule has 0 unspecified atom stereocenters. The van der Waals surface area contributed by atoms with E-state index in [1.54, 1.807) is 17.1 Å². The van der Waals surface area contributed by atoms with Gasteiger partial charge < -0.3 is 4.74 Å². The summed E-state index contributed by atoms with van der Waals surface area (Å²) in [6.45, 7) is 5.43. The number of aromatic nitrogens is 4. The zero-order valence-electron chi connectivity index (χ0n) is 12.9. The van der Waals surface area contributed by atoms with E-state index in [-0.39, 0.29) is 0 Å². The molecule has 0 atom stereocenters. The maximum absolute atomic E-state index is 11.9. The zero-order chi connectivity index (χ0) is 16.6. The number of carbonyl (C=O) groups excluding carboxylic acids is 1. The zero-order valence-corrected chi connectivity index (χ0v) is 14.5. The summed E-state index contributed by atoms with van der Waals surface area (Å²) in [7, 11) is 0. The van der Waals surface area contributed by atoms with Crippen molar-refractivity contribution in [3.05, 3.63) is 41.3 Å². The summed E-state index contributed by atoms with van der Waals surface area (Å²) < 4.78 is 9.66. The number of hydrogen-bond donors (Lipinski definition) is 1. The van der Waals surface area contributed by atoms with Crippen molar-refractivity contribution in [1.29, 1.82) is 0 Å². The number of hydrogen-bond acceptors (Lipinski definition) is 4. The van der Waals surface area contributed by atoms with Gasteiger partial charge in [0.25, 0.3) is 0 Å². The number of fused-ring (bicyclic) bond motifs is 1. The molecule has 3 aromatic rings. The summed E-state index contributed by atoms with van der Waals surface area (Å²) >= 11 is 3.46. The van der Waals surface area contributed by atoms with Crippen LogP contribution in [0.2, 0.25) is 0 Å². The monoisotopic (exact) mass is 377 g/mol. The van der Waals surface area contributed by atoms with Crippen LogP contribution in [0.15, 0.2) is 41.3 Å². The van der Waals surface area contributed by atoms with Crippen molar-refractivity contribution in [2.45, 2.75) is 26.4 Å². The second-order valence-electron chi connectivity index (χ2n) is 5.96. The number of pyridine rings is 1. The summed E-state index contributed by atoms with van der Waals surface area (Å²) in [5.74, 6) is 1.20. The Morgan fingerprint density at radius 3 is 2.78 bits per heavy atom. The number of amides is 1. The van der Waals surface area contributed by atoms with E-state index in [4.69, 9.17) is 4.74 Å². The second kappa shape index (κ2) is 5.69. The molecule has 23 heavy (non-hydrogen) atoms. The number of nitrogens with zero attached hydrogens (tertiary/aromatic N) is 4. The van der Waals surface area contributed by atoms with E-state index in [0.29, 0.717) is 11.5 Å². The molecule has 3 rings (SSSR count). The van der Waals surface area contributed by atoms with E-state index in [0.717, 1.165) is 10.3 Å². The van der Waals surface area contributed by atoms with Crippen molar-refractivity contribution in [3.8, 4) is 5.82 Å². The standard InChI is InChI=1S/C15H16BrN5O2/c1-15(2,3)23-14(22)19-11-9-20-12(18-11)7-10(16)8-13(20)21-6-4-5-17-21/h4-9H,1-3H3,(H,19,22). The van der Waals surface area contributed by atoms with Crippen LogP contribution in [0, 0.1) is 0 Å². The molecule has 0 spiro atoms. The Bertz CT molecular complexity index is 849. The average molecular weight is 378 g/mol. The summed E-state index contributed by atoms with van der Waals surface area (Å²) in [4.78, 5) is 16.3. The van der Waals surface area contributed by atoms with Gasteiger partial charge in [0.15, 0.2) is 5.82 Å². The van der Waals surface area contributed by atoms with Gasteiger partial charge in [0.1, 0.15) is 17.1 Å². The lowest BCUT2D eigenvalue weighted by atomic mass is 10.2. The normalized spacial score (nSPS) is 11.7. The van der Waals surface area contributed by atoms with Crippen LogP contribution in [0.25, 0.3) is 11.5 Å². The van der Waals surface area contributed by atoms with Gasteiger partial charge in [-0.05, 0) is 39.0 Å². The third-order valence-corrected chi connectivity index (χ3v) is 3.34.